The van der Waals surface area contributed by atoms with Gasteiger partial charge in [0.05, 0.1) is 4.92 Å². The highest BCUT2D eigenvalue weighted by Gasteiger charge is 2.33. The van der Waals surface area contributed by atoms with Gasteiger partial charge in [-0.05, 0) is 24.3 Å². The third-order valence-corrected chi connectivity index (χ3v) is 3.58. The van der Waals surface area contributed by atoms with E-state index in [2.05, 4.69) is 31.1 Å². The van der Waals surface area contributed by atoms with E-state index in [0.29, 0.717) is 11.6 Å². The Morgan fingerprint density at radius 3 is 2.80 bits per heavy atom. The molecule has 0 aliphatic carbocycles. The number of pyridine rings is 1. The molecular weight excluding hydrogens is 256 g/mol. The van der Waals surface area contributed by atoms with E-state index < -0.39 is 0 Å². The second-order valence-electron chi connectivity index (χ2n) is 6.06. The van der Waals surface area contributed by atoms with Crippen molar-refractivity contribution in [2.45, 2.75) is 33.6 Å². The summed E-state index contributed by atoms with van der Waals surface area (Å²) in [5.41, 5.74) is 0.271. The topological polar surface area (TPSA) is 71.3 Å². The first-order valence-electron chi connectivity index (χ1n) is 7.07. The number of hydrogen-bond donors (Lipinski definition) is 1. The predicted molar refractivity (Wildman–Crippen MR) is 80.3 cm³/mol. The molecule has 0 unspecified atom stereocenters. The molecule has 6 heteroatoms. The largest absolute Gasteiger partial charge is 0.370 e. The molecule has 2 heterocycles. The van der Waals surface area contributed by atoms with Gasteiger partial charge in [0.15, 0.2) is 0 Å². The molecule has 110 valence electrons. The van der Waals surface area contributed by atoms with Gasteiger partial charge >= 0.3 is 5.69 Å². The summed E-state index contributed by atoms with van der Waals surface area (Å²) in [5.74, 6) is 1.19. The standard InChI is InChI=1S/C14H22N4O2/c1-4-8-15-12-6-5-11(18(19)20)13(16-12)17-9-7-14(2,3)10-17/h5-6H,4,7-10H2,1-3H3,(H,15,16). The normalized spacial score (nSPS) is 17.2. The zero-order valence-corrected chi connectivity index (χ0v) is 12.3. The molecule has 1 aliphatic heterocycles. The quantitative estimate of drug-likeness (QED) is 0.662. The summed E-state index contributed by atoms with van der Waals surface area (Å²) in [7, 11) is 0. The Hall–Kier alpha value is -1.85. The minimum atomic E-state index is -0.350. The molecule has 1 aromatic heterocycles. The van der Waals surface area contributed by atoms with Gasteiger partial charge in [0, 0.05) is 25.7 Å². The third kappa shape index (κ3) is 3.18. The average molecular weight is 278 g/mol. The maximum Gasteiger partial charge on any atom is 0.311 e. The summed E-state index contributed by atoms with van der Waals surface area (Å²) < 4.78 is 0. The first kappa shape index (κ1) is 14.6. The van der Waals surface area contributed by atoms with Crippen LogP contribution in [0.2, 0.25) is 0 Å². The van der Waals surface area contributed by atoms with Crippen molar-refractivity contribution in [1.29, 1.82) is 0 Å². The Morgan fingerprint density at radius 1 is 1.50 bits per heavy atom. The van der Waals surface area contributed by atoms with E-state index in [1.54, 1.807) is 12.1 Å². The lowest BCUT2D eigenvalue weighted by atomic mass is 9.93. The van der Waals surface area contributed by atoms with Crippen molar-refractivity contribution in [3.8, 4) is 0 Å². The molecule has 2 rings (SSSR count). The molecule has 1 saturated heterocycles. The summed E-state index contributed by atoms with van der Waals surface area (Å²) in [5, 5.41) is 14.4. The number of nitrogens with zero attached hydrogens (tertiary/aromatic N) is 3. The van der Waals surface area contributed by atoms with Crippen LogP contribution in [-0.2, 0) is 0 Å². The number of aromatic nitrogens is 1. The molecule has 0 atom stereocenters. The zero-order valence-electron chi connectivity index (χ0n) is 12.3. The van der Waals surface area contributed by atoms with Crippen LogP contribution in [0.4, 0.5) is 17.3 Å². The van der Waals surface area contributed by atoms with Gasteiger partial charge in [0.1, 0.15) is 5.82 Å². The smallest absolute Gasteiger partial charge is 0.311 e. The van der Waals surface area contributed by atoms with Crippen LogP contribution in [0.25, 0.3) is 0 Å². The highest BCUT2D eigenvalue weighted by Crippen LogP contribution is 2.36. The Bertz CT molecular complexity index is 502. The van der Waals surface area contributed by atoms with Gasteiger partial charge in [-0.15, -0.1) is 0 Å². The van der Waals surface area contributed by atoms with Crippen molar-refractivity contribution >= 4 is 17.3 Å². The molecule has 6 nitrogen and oxygen atoms in total. The molecule has 0 amide bonds. The molecule has 1 fully saturated rings. The monoisotopic (exact) mass is 278 g/mol. The van der Waals surface area contributed by atoms with Crippen molar-refractivity contribution in [3.05, 3.63) is 22.2 Å². The van der Waals surface area contributed by atoms with E-state index in [0.717, 1.165) is 32.5 Å². The van der Waals surface area contributed by atoms with Crippen LogP contribution < -0.4 is 10.2 Å². The van der Waals surface area contributed by atoms with E-state index in [4.69, 9.17) is 0 Å². The van der Waals surface area contributed by atoms with E-state index in [1.165, 1.54) is 0 Å². The van der Waals surface area contributed by atoms with Crippen molar-refractivity contribution < 1.29 is 4.92 Å². The van der Waals surface area contributed by atoms with Crippen molar-refractivity contribution in [1.82, 2.24) is 4.98 Å². The number of rotatable bonds is 5. The van der Waals surface area contributed by atoms with Gasteiger partial charge in [-0.25, -0.2) is 4.98 Å². The van der Waals surface area contributed by atoms with Gasteiger partial charge in [-0.2, -0.15) is 0 Å². The third-order valence-electron chi connectivity index (χ3n) is 3.58. The second-order valence-corrected chi connectivity index (χ2v) is 6.06. The predicted octanol–water partition coefficient (Wildman–Crippen LogP) is 3.05. The fraction of sp³-hybridized carbons (Fsp3) is 0.643. The Kier molecular flexibility index (Phi) is 4.11. The molecule has 1 aromatic rings. The zero-order chi connectivity index (χ0) is 14.8. The number of nitro groups is 1. The summed E-state index contributed by atoms with van der Waals surface area (Å²) >= 11 is 0. The molecular formula is C14H22N4O2. The fourth-order valence-electron chi connectivity index (χ4n) is 2.46. The SMILES string of the molecule is CCCNc1ccc([N+](=O)[O-])c(N2CCC(C)(C)C2)n1. The van der Waals surface area contributed by atoms with Crippen LogP contribution in [-0.4, -0.2) is 29.5 Å². The summed E-state index contributed by atoms with van der Waals surface area (Å²) in [6, 6.07) is 3.23. The van der Waals surface area contributed by atoms with E-state index in [-0.39, 0.29) is 16.0 Å². The van der Waals surface area contributed by atoms with Crippen LogP contribution in [0.3, 0.4) is 0 Å². The number of hydrogen-bond acceptors (Lipinski definition) is 5. The maximum absolute atomic E-state index is 11.2. The van der Waals surface area contributed by atoms with E-state index in [9.17, 15) is 10.1 Å². The minimum Gasteiger partial charge on any atom is -0.370 e. The number of anilines is 2. The molecule has 0 aromatic carbocycles. The molecule has 0 saturated carbocycles. The van der Waals surface area contributed by atoms with Crippen LogP contribution in [0.15, 0.2) is 12.1 Å². The molecule has 0 spiro atoms. The molecule has 0 radical (unpaired) electrons. The lowest BCUT2D eigenvalue weighted by molar-refractivity contribution is -0.384. The Balaban J connectivity index is 2.30. The van der Waals surface area contributed by atoms with Gasteiger partial charge in [0.25, 0.3) is 0 Å². The summed E-state index contributed by atoms with van der Waals surface area (Å²) in [6.07, 6.45) is 2.02. The van der Waals surface area contributed by atoms with Gasteiger partial charge in [-0.1, -0.05) is 20.8 Å². The lowest BCUT2D eigenvalue weighted by Crippen LogP contribution is -2.24. The lowest BCUT2D eigenvalue weighted by Gasteiger charge is -2.21. The average Bonchev–Trinajstić information content (AvgIpc) is 2.76. The molecule has 0 bridgehead atoms. The number of nitrogens with one attached hydrogen (secondary N) is 1. The van der Waals surface area contributed by atoms with Gasteiger partial charge < -0.3 is 10.2 Å². The Labute approximate surface area is 119 Å². The maximum atomic E-state index is 11.2. The van der Waals surface area contributed by atoms with Gasteiger partial charge in [0.2, 0.25) is 5.82 Å². The van der Waals surface area contributed by atoms with Crippen LogP contribution in [0.1, 0.15) is 33.6 Å². The van der Waals surface area contributed by atoms with Crippen LogP contribution in [0.5, 0.6) is 0 Å². The molecule has 1 aliphatic rings. The summed E-state index contributed by atoms with van der Waals surface area (Å²) in [6.45, 7) is 8.87. The highest BCUT2D eigenvalue weighted by molar-refractivity contribution is 5.62. The van der Waals surface area contributed by atoms with E-state index in [1.807, 2.05) is 4.90 Å². The van der Waals surface area contributed by atoms with Crippen molar-refractivity contribution in [2.24, 2.45) is 5.41 Å². The highest BCUT2D eigenvalue weighted by atomic mass is 16.6. The minimum absolute atomic E-state index is 0.0877. The Morgan fingerprint density at radius 2 is 2.25 bits per heavy atom. The van der Waals surface area contributed by atoms with Crippen molar-refractivity contribution in [2.75, 3.05) is 29.9 Å². The first-order valence-corrected chi connectivity index (χ1v) is 7.07. The van der Waals surface area contributed by atoms with Crippen LogP contribution in [0, 0.1) is 15.5 Å². The van der Waals surface area contributed by atoms with Crippen LogP contribution >= 0.6 is 0 Å². The van der Waals surface area contributed by atoms with Crippen molar-refractivity contribution in [3.63, 3.8) is 0 Å². The molecule has 20 heavy (non-hydrogen) atoms. The fourth-order valence-corrected chi connectivity index (χ4v) is 2.46. The summed E-state index contributed by atoms with van der Waals surface area (Å²) in [4.78, 5) is 17.3. The van der Waals surface area contributed by atoms with Gasteiger partial charge in [-0.3, -0.25) is 10.1 Å². The second kappa shape index (κ2) is 5.64. The first-order chi connectivity index (χ1) is 9.43. The van der Waals surface area contributed by atoms with E-state index >= 15 is 0 Å². The molecule has 1 N–H and O–H groups in total.